The molecule has 4 heterocycles. The van der Waals surface area contributed by atoms with Crippen LogP contribution in [-0.4, -0.2) is 57.4 Å². The van der Waals surface area contributed by atoms with Crippen LogP contribution in [0.25, 0.3) is 33.5 Å². The van der Waals surface area contributed by atoms with E-state index < -0.39 is 65.8 Å². The fourth-order valence-electron chi connectivity index (χ4n) is 5.40. The van der Waals surface area contributed by atoms with E-state index in [0.29, 0.717) is 19.5 Å². The third-order valence-corrected chi connectivity index (χ3v) is 7.61. The van der Waals surface area contributed by atoms with Crippen LogP contribution in [0.2, 0.25) is 0 Å². The molecule has 1 atom stereocenters. The maximum absolute atomic E-state index is 14.5. The Morgan fingerprint density at radius 3 is 1.93 bits per heavy atom. The minimum absolute atomic E-state index is 0.0196. The van der Waals surface area contributed by atoms with E-state index in [1.807, 2.05) is 0 Å². The predicted molar refractivity (Wildman–Crippen MR) is 165 cm³/mol. The van der Waals surface area contributed by atoms with E-state index >= 15 is 0 Å². The number of methoxy groups -OCH3 is 1. The fraction of sp³-hybridized carbons (Fsp3) is 0.242. The summed E-state index contributed by atoms with van der Waals surface area (Å²) in [4.78, 5) is 0. The van der Waals surface area contributed by atoms with Crippen LogP contribution in [0.15, 0.2) is 73.1 Å². The molecule has 6 rings (SSSR count). The molecule has 0 saturated carbocycles. The summed E-state index contributed by atoms with van der Waals surface area (Å²) in [5.41, 5.74) is -1.28. The molecule has 0 aliphatic heterocycles. The van der Waals surface area contributed by atoms with Crippen LogP contribution in [0.3, 0.4) is 0 Å². The second-order valence-electron chi connectivity index (χ2n) is 11.4. The van der Waals surface area contributed by atoms with Gasteiger partial charge in [0.05, 0.1) is 17.9 Å². The van der Waals surface area contributed by atoms with Gasteiger partial charge in [-0.25, -0.2) is 0 Å². The standard InChI is InChI=1S/C33H20F12N7O5/c1-53-10-11-54-23-12-19(56-32(40,41)42)4-6-21(23)18-3-9-26-51(16-18)29(31(37,38)39)49-52(26)27(14-46)55-24-13-20(57-33(43,44)45)5-7-22(24)17-2-8-25-47-48-28(30(34,35)36)50(25)15-17/h2-9,12-13,15-16,27H,10-11H2,1H3/q+1. The number of fused-ring (bicyclic) bond motifs is 2. The molecule has 300 valence electrons. The highest BCUT2D eigenvalue weighted by atomic mass is 19.4. The molecular weight excluding hydrogens is 802 g/mol. The minimum Gasteiger partial charge on any atom is -0.490 e. The third kappa shape index (κ3) is 8.98. The summed E-state index contributed by atoms with van der Waals surface area (Å²) < 4.78 is 188. The minimum atomic E-state index is -5.26. The van der Waals surface area contributed by atoms with Crippen molar-refractivity contribution >= 4 is 11.3 Å². The van der Waals surface area contributed by atoms with Crippen LogP contribution in [0.5, 0.6) is 23.0 Å². The number of aromatic nitrogens is 6. The Morgan fingerprint density at radius 2 is 1.35 bits per heavy atom. The number of nitriles is 1. The van der Waals surface area contributed by atoms with Gasteiger partial charge in [0.1, 0.15) is 29.6 Å². The highest BCUT2D eigenvalue weighted by Crippen LogP contribution is 2.39. The molecule has 0 aliphatic rings. The van der Waals surface area contributed by atoms with Crippen molar-refractivity contribution in [3.05, 3.63) is 84.7 Å². The van der Waals surface area contributed by atoms with E-state index in [0.717, 1.165) is 54.9 Å². The Labute approximate surface area is 309 Å². The van der Waals surface area contributed by atoms with Crippen molar-refractivity contribution in [3.63, 3.8) is 0 Å². The van der Waals surface area contributed by atoms with Gasteiger partial charge in [-0.3, -0.25) is 4.40 Å². The van der Waals surface area contributed by atoms with Gasteiger partial charge in [-0.2, -0.15) is 36.0 Å². The number of alkyl halides is 12. The van der Waals surface area contributed by atoms with Crippen LogP contribution in [0, 0.1) is 11.3 Å². The molecule has 0 aliphatic carbocycles. The van der Waals surface area contributed by atoms with Crippen molar-refractivity contribution in [1.82, 2.24) is 24.4 Å². The zero-order valence-corrected chi connectivity index (χ0v) is 28.1. The van der Waals surface area contributed by atoms with Crippen molar-refractivity contribution in [2.45, 2.75) is 31.3 Å². The molecule has 0 amide bonds. The third-order valence-electron chi connectivity index (χ3n) is 7.61. The Morgan fingerprint density at radius 1 is 0.737 bits per heavy atom. The molecule has 12 nitrogen and oxygen atoms in total. The van der Waals surface area contributed by atoms with Crippen molar-refractivity contribution in [2.24, 2.45) is 0 Å². The smallest absolute Gasteiger partial charge is 0.490 e. The topological polar surface area (TPSA) is 122 Å². The van der Waals surface area contributed by atoms with Crippen molar-refractivity contribution < 1.29 is 80.8 Å². The highest BCUT2D eigenvalue weighted by molar-refractivity contribution is 5.73. The average molecular weight is 823 g/mol. The molecule has 6 aromatic rings. The van der Waals surface area contributed by atoms with Gasteiger partial charge in [0.15, 0.2) is 11.7 Å². The number of pyridine rings is 2. The summed E-state index contributed by atoms with van der Waals surface area (Å²) in [7, 11) is 1.31. The number of ether oxygens (including phenoxy) is 5. The van der Waals surface area contributed by atoms with Crippen LogP contribution in [-0.2, 0) is 17.1 Å². The van der Waals surface area contributed by atoms with Gasteiger partial charge in [-0.15, -0.1) is 36.5 Å². The van der Waals surface area contributed by atoms with Crippen LogP contribution in [0.4, 0.5) is 52.7 Å². The van der Waals surface area contributed by atoms with Crippen LogP contribution < -0.4 is 23.3 Å². The second kappa shape index (κ2) is 14.9. The lowest BCUT2D eigenvalue weighted by atomic mass is 10.1. The molecule has 0 radical (unpaired) electrons. The number of halogens is 12. The number of nitrogens with zero attached hydrogens (tertiary/aromatic N) is 7. The molecule has 57 heavy (non-hydrogen) atoms. The number of hydrogen-bond acceptors (Lipinski definition) is 9. The van der Waals surface area contributed by atoms with Crippen molar-refractivity contribution in [3.8, 4) is 51.3 Å². The lowest BCUT2D eigenvalue weighted by molar-refractivity contribution is -0.543. The molecule has 1 unspecified atom stereocenters. The molecule has 0 bridgehead atoms. The largest absolute Gasteiger partial charge is 0.573 e. The Balaban J connectivity index is 1.46. The van der Waals surface area contributed by atoms with Crippen molar-refractivity contribution in [2.75, 3.05) is 20.3 Å². The van der Waals surface area contributed by atoms with Crippen molar-refractivity contribution in [1.29, 1.82) is 5.26 Å². The monoisotopic (exact) mass is 822 g/mol. The second-order valence-corrected chi connectivity index (χ2v) is 11.4. The molecule has 4 aromatic heterocycles. The SMILES string of the molecule is COCCOc1cc(OC(F)(F)F)ccc1-c1ccc2n(C(C#N)Oc3cc(OC(F)(F)F)ccc3-c3ccc4nnc(C(F)(F)F)n4c3)nc(C(F)(F)F)[n+]2c1. The summed E-state index contributed by atoms with van der Waals surface area (Å²) in [6, 6.07) is 11.2. The lowest BCUT2D eigenvalue weighted by Gasteiger charge is -2.16. The zero-order chi connectivity index (χ0) is 41.5. The molecule has 0 spiro atoms. The van der Waals surface area contributed by atoms with Gasteiger partial charge < -0.3 is 23.7 Å². The molecule has 0 N–H and O–H groups in total. The summed E-state index contributed by atoms with van der Waals surface area (Å²) in [5.74, 6) is -5.71. The molecule has 0 fully saturated rings. The first-order chi connectivity index (χ1) is 26.6. The fourth-order valence-corrected chi connectivity index (χ4v) is 5.40. The molecule has 2 aromatic carbocycles. The van der Waals surface area contributed by atoms with Gasteiger partial charge >= 0.3 is 37.1 Å². The van der Waals surface area contributed by atoms with E-state index in [1.165, 1.54) is 19.2 Å². The highest BCUT2D eigenvalue weighted by Gasteiger charge is 2.46. The quantitative estimate of drug-likeness (QED) is 0.0728. The van der Waals surface area contributed by atoms with Crippen LogP contribution >= 0.6 is 0 Å². The van der Waals surface area contributed by atoms with Crippen LogP contribution in [0.1, 0.15) is 17.9 Å². The van der Waals surface area contributed by atoms with E-state index in [1.54, 1.807) is 6.07 Å². The van der Waals surface area contributed by atoms with Gasteiger partial charge in [-0.1, -0.05) is 4.68 Å². The Kier molecular flexibility index (Phi) is 10.5. The Bertz CT molecular complexity index is 2470. The number of hydrogen-bond donors (Lipinski definition) is 0. The zero-order valence-electron chi connectivity index (χ0n) is 28.1. The predicted octanol–water partition coefficient (Wildman–Crippen LogP) is 7.96. The van der Waals surface area contributed by atoms with Gasteiger partial charge in [-0.05, 0) is 42.5 Å². The molecule has 0 saturated heterocycles. The summed E-state index contributed by atoms with van der Waals surface area (Å²) in [6.45, 7) is -0.232. The lowest BCUT2D eigenvalue weighted by Crippen LogP contribution is -2.31. The maximum Gasteiger partial charge on any atom is 0.573 e. The first-order valence-corrected chi connectivity index (χ1v) is 15.6. The van der Waals surface area contributed by atoms with E-state index in [9.17, 15) is 57.9 Å². The first-order valence-electron chi connectivity index (χ1n) is 15.6. The summed E-state index contributed by atoms with van der Waals surface area (Å²) >= 11 is 0. The van der Waals surface area contributed by atoms with E-state index in [-0.39, 0.29) is 46.9 Å². The maximum atomic E-state index is 14.5. The van der Waals surface area contributed by atoms with E-state index in [2.05, 4.69) is 24.8 Å². The van der Waals surface area contributed by atoms with Gasteiger partial charge in [0.25, 0.3) is 5.65 Å². The first kappa shape index (κ1) is 40.2. The summed E-state index contributed by atoms with van der Waals surface area (Å²) in [6.07, 6.45) is -21.1. The van der Waals surface area contributed by atoms with E-state index in [4.69, 9.17) is 14.2 Å². The molecular formula is C33H20F12N7O5+. The number of benzene rings is 2. The summed E-state index contributed by atoms with van der Waals surface area (Å²) in [5, 5.41) is 20.2. The molecule has 24 heteroatoms. The normalized spacial score (nSPS) is 13.1. The average Bonchev–Trinajstić information content (AvgIpc) is 3.71. The van der Waals surface area contributed by atoms with Gasteiger partial charge in [0.2, 0.25) is 5.82 Å². The van der Waals surface area contributed by atoms with Gasteiger partial charge in [0, 0.05) is 53.8 Å². The Hall–Kier alpha value is -6.51. The number of rotatable bonds is 11.